The van der Waals surface area contributed by atoms with Gasteiger partial charge in [0.05, 0.1) is 17.8 Å². The largest absolute Gasteiger partial charge is 0.496 e. The van der Waals surface area contributed by atoms with Crippen LogP contribution in [-0.2, 0) is 5.75 Å². The van der Waals surface area contributed by atoms with Crippen molar-refractivity contribution in [2.24, 2.45) is 5.84 Å². The molecule has 0 spiro atoms. The topological polar surface area (TPSA) is 60.2 Å². The summed E-state index contributed by atoms with van der Waals surface area (Å²) in [6.07, 6.45) is 0. The van der Waals surface area contributed by atoms with E-state index in [1.165, 1.54) is 0 Å². The fourth-order valence-electron chi connectivity index (χ4n) is 1.55. The Morgan fingerprint density at radius 2 is 2.11 bits per heavy atom. The Morgan fingerprint density at radius 3 is 2.84 bits per heavy atom. The van der Waals surface area contributed by atoms with Crippen LogP contribution in [0.2, 0.25) is 5.02 Å². The molecule has 0 unspecified atom stereocenters. The zero-order valence-electron chi connectivity index (χ0n) is 10.4. The molecular weight excluding hydrogens is 282 g/mol. The number of benzene rings is 1. The Labute approximate surface area is 121 Å². The number of hydrogen-bond acceptors (Lipinski definition) is 5. The van der Waals surface area contributed by atoms with E-state index in [0.717, 1.165) is 16.3 Å². The maximum atomic E-state index is 6.12. The van der Waals surface area contributed by atoms with Gasteiger partial charge in [0.15, 0.2) is 0 Å². The van der Waals surface area contributed by atoms with E-state index >= 15 is 0 Å². The van der Waals surface area contributed by atoms with Gasteiger partial charge in [-0.15, -0.1) is 11.8 Å². The average molecular weight is 296 g/mol. The van der Waals surface area contributed by atoms with Crippen molar-refractivity contribution in [3.05, 3.63) is 47.1 Å². The van der Waals surface area contributed by atoms with Crippen LogP contribution in [0.15, 0.2) is 41.3 Å². The summed E-state index contributed by atoms with van der Waals surface area (Å²) >= 11 is 7.73. The number of rotatable bonds is 5. The summed E-state index contributed by atoms with van der Waals surface area (Å²) in [4.78, 5) is 5.38. The first-order valence-electron chi connectivity index (χ1n) is 5.62. The number of nitrogen functional groups attached to an aromatic ring is 1. The smallest absolute Gasteiger partial charge is 0.140 e. The Kier molecular flexibility index (Phi) is 4.90. The molecule has 0 aliphatic rings. The molecular formula is C13H14ClN3OS. The summed E-state index contributed by atoms with van der Waals surface area (Å²) in [7, 11) is 1.66. The Morgan fingerprint density at radius 1 is 1.32 bits per heavy atom. The number of nitrogens with two attached hydrogens (primary N) is 1. The lowest BCUT2D eigenvalue weighted by molar-refractivity contribution is 0.405. The molecule has 4 nitrogen and oxygen atoms in total. The summed E-state index contributed by atoms with van der Waals surface area (Å²) in [6.45, 7) is 0. The number of pyridine rings is 1. The zero-order chi connectivity index (χ0) is 13.7. The second kappa shape index (κ2) is 6.65. The number of hydrogen-bond donors (Lipinski definition) is 2. The fraction of sp³-hybridized carbons (Fsp3) is 0.154. The summed E-state index contributed by atoms with van der Waals surface area (Å²) < 4.78 is 5.30. The third-order valence-electron chi connectivity index (χ3n) is 2.50. The zero-order valence-corrected chi connectivity index (χ0v) is 12.0. The molecule has 0 aliphatic heterocycles. The van der Waals surface area contributed by atoms with Gasteiger partial charge in [0.25, 0.3) is 0 Å². The first-order valence-corrected chi connectivity index (χ1v) is 6.99. The number of halogens is 1. The molecule has 0 atom stereocenters. The molecule has 19 heavy (non-hydrogen) atoms. The lowest BCUT2D eigenvalue weighted by Gasteiger charge is -2.09. The first kappa shape index (κ1) is 14.0. The normalized spacial score (nSPS) is 10.3. The number of nitrogens with one attached hydrogen (secondary N) is 1. The Hall–Kier alpha value is -1.43. The predicted octanol–water partition coefficient (Wildman–Crippen LogP) is 3.32. The van der Waals surface area contributed by atoms with Gasteiger partial charge in [0, 0.05) is 10.6 Å². The van der Waals surface area contributed by atoms with Gasteiger partial charge in [0.2, 0.25) is 0 Å². The molecule has 3 N–H and O–H groups in total. The van der Waals surface area contributed by atoms with Gasteiger partial charge in [0.1, 0.15) is 11.6 Å². The highest BCUT2D eigenvalue weighted by atomic mass is 35.5. The highest BCUT2D eigenvalue weighted by molar-refractivity contribution is 7.98. The lowest BCUT2D eigenvalue weighted by Crippen LogP contribution is -2.09. The van der Waals surface area contributed by atoms with Crippen LogP contribution in [0, 0.1) is 0 Å². The maximum Gasteiger partial charge on any atom is 0.140 e. The molecule has 0 amide bonds. The van der Waals surface area contributed by atoms with E-state index in [1.807, 2.05) is 24.3 Å². The van der Waals surface area contributed by atoms with E-state index in [0.29, 0.717) is 16.6 Å². The highest BCUT2D eigenvalue weighted by Crippen LogP contribution is 2.32. The molecule has 1 aromatic carbocycles. The van der Waals surface area contributed by atoms with Crippen molar-refractivity contribution in [1.82, 2.24) is 4.98 Å². The average Bonchev–Trinajstić information content (AvgIpc) is 2.46. The van der Waals surface area contributed by atoms with Crippen LogP contribution in [0.25, 0.3) is 0 Å². The second-order valence-corrected chi connectivity index (χ2v) is 5.13. The Balaban J connectivity index is 2.14. The van der Waals surface area contributed by atoms with E-state index in [1.54, 1.807) is 31.0 Å². The van der Waals surface area contributed by atoms with Crippen molar-refractivity contribution in [1.29, 1.82) is 0 Å². The van der Waals surface area contributed by atoms with Crippen LogP contribution in [0.3, 0.4) is 0 Å². The number of methoxy groups -OCH3 is 1. The molecule has 0 saturated heterocycles. The van der Waals surface area contributed by atoms with E-state index in [-0.39, 0.29) is 0 Å². The van der Waals surface area contributed by atoms with Crippen LogP contribution >= 0.6 is 23.4 Å². The molecule has 2 rings (SSSR count). The quantitative estimate of drug-likeness (QED) is 0.503. The predicted molar refractivity (Wildman–Crippen MR) is 79.6 cm³/mol. The summed E-state index contributed by atoms with van der Waals surface area (Å²) in [6, 6.07) is 11.4. The molecule has 100 valence electrons. The van der Waals surface area contributed by atoms with Crippen LogP contribution in [0.4, 0.5) is 5.82 Å². The molecule has 2 aromatic rings. The standard InChI is InChI=1S/C13H14ClN3OS/c1-18-11-4-2-3-5-12(11)19-8-10-9(14)6-7-13(16-10)17-15/h2-7H,8,15H2,1H3,(H,16,17). The van der Waals surface area contributed by atoms with Gasteiger partial charge >= 0.3 is 0 Å². The Bertz CT molecular complexity index is 565. The van der Waals surface area contributed by atoms with E-state index in [4.69, 9.17) is 22.2 Å². The van der Waals surface area contributed by atoms with Crippen molar-refractivity contribution >= 4 is 29.2 Å². The SMILES string of the molecule is COc1ccccc1SCc1nc(NN)ccc1Cl. The number of ether oxygens (including phenoxy) is 1. The molecule has 0 saturated carbocycles. The van der Waals surface area contributed by atoms with Gasteiger partial charge in [-0.2, -0.15) is 0 Å². The number of para-hydroxylation sites is 1. The first-order chi connectivity index (χ1) is 9.24. The molecule has 0 radical (unpaired) electrons. The molecule has 6 heteroatoms. The van der Waals surface area contributed by atoms with Crippen molar-refractivity contribution < 1.29 is 4.74 Å². The monoisotopic (exact) mass is 295 g/mol. The van der Waals surface area contributed by atoms with Crippen molar-refractivity contribution in [2.45, 2.75) is 10.6 Å². The minimum absolute atomic E-state index is 0.597. The van der Waals surface area contributed by atoms with Gasteiger partial charge in [-0.25, -0.2) is 10.8 Å². The second-order valence-electron chi connectivity index (χ2n) is 3.71. The summed E-state index contributed by atoms with van der Waals surface area (Å²) in [5.74, 6) is 7.43. The van der Waals surface area contributed by atoms with Crippen molar-refractivity contribution in [3.63, 3.8) is 0 Å². The van der Waals surface area contributed by atoms with Crippen molar-refractivity contribution in [2.75, 3.05) is 12.5 Å². The molecule has 0 bridgehead atoms. The van der Waals surface area contributed by atoms with Crippen LogP contribution in [0.5, 0.6) is 5.75 Å². The van der Waals surface area contributed by atoms with E-state index in [9.17, 15) is 0 Å². The minimum Gasteiger partial charge on any atom is -0.496 e. The van der Waals surface area contributed by atoms with Gasteiger partial charge in [-0.1, -0.05) is 23.7 Å². The van der Waals surface area contributed by atoms with E-state index in [2.05, 4.69) is 10.4 Å². The summed E-state index contributed by atoms with van der Waals surface area (Å²) in [5, 5.41) is 0.626. The minimum atomic E-state index is 0.597. The van der Waals surface area contributed by atoms with Crippen LogP contribution < -0.4 is 16.0 Å². The molecule has 1 heterocycles. The maximum absolute atomic E-state index is 6.12. The third kappa shape index (κ3) is 3.53. The summed E-state index contributed by atoms with van der Waals surface area (Å²) in [5.41, 5.74) is 3.30. The number of hydrazine groups is 1. The number of thioether (sulfide) groups is 1. The van der Waals surface area contributed by atoms with Crippen molar-refractivity contribution in [3.8, 4) is 5.75 Å². The molecule has 0 aliphatic carbocycles. The molecule has 1 aromatic heterocycles. The number of anilines is 1. The molecule has 0 fully saturated rings. The lowest BCUT2D eigenvalue weighted by atomic mass is 10.3. The highest BCUT2D eigenvalue weighted by Gasteiger charge is 2.07. The van der Waals surface area contributed by atoms with Gasteiger partial charge in [-0.3, -0.25) is 0 Å². The number of aromatic nitrogens is 1. The van der Waals surface area contributed by atoms with Gasteiger partial charge in [-0.05, 0) is 24.3 Å². The third-order valence-corrected chi connectivity index (χ3v) is 3.91. The number of nitrogens with zero attached hydrogens (tertiary/aromatic N) is 1. The van der Waals surface area contributed by atoms with Gasteiger partial charge < -0.3 is 10.2 Å². The fourth-order valence-corrected chi connectivity index (χ4v) is 2.78. The van der Waals surface area contributed by atoms with E-state index < -0.39 is 0 Å². The van der Waals surface area contributed by atoms with Crippen LogP contribution in [-0.4, -0.2) is 12.1 Å². The van der Waals surface area contributed by atoms with Crippen LogP contribution in [0.1, 0.15) is 5.69 Å².